The number of likely N-dealkylation sites (tertiary alicyclic amines) is 2. The molecule has 7 heterocycles. The fourth-order valence-corrected chi connectivity index (χ4v) is 11.4. The summed E-state index contributed by atoms with van der Waals surface area (Å²) in [6.07, 6.45) is 2.26. The van der Waals surface area contributed by atoms with Gasteiger partial charge in [0, 0.05) is 100 Å². The van der Waals surface area contributed by atoms with Gasteiger partial charge in [0.2, 0.25) is 17.7 Å². The number of phenols is 1. The summed E-state index contributed by atoms with van der Waals surface area (Å²) in [6, 6.07) is 18.2. The number of nitrogens with zero attached hydrogens (tertiary/aromatic N) is 8. The van der Waals surface area contributed by atoms with Crippen LogP contribution < -0.4 is 30.3 Å². The molecule has 75 heavy (non-hydrogen) atoms. The van der Waals surface area contributed by atoms with Crippen molar-refractivity contribution in [3.63, 3.8) is 0 Å². The predicted octanol–water partition coefficient (Wildman–Crippen LogP) is 6.74. The molecule has 5 N–H and O–H groups in total. The molecule has 5 aliphatic rings. The lowest BCUT2D eigenvalue weighted by Gasteiger charge is -2.43. The third-order valence-electron chi connectivity index (χ3n) is 15.4. The zero-order valence-electron chi connectivity index (χ0n) is 42.3. The molecule has 0 radical (unpaired) electrons. The monoisotopic (exact) mass is 1040 g/mol. The highest BCUT2D eigenvalue weighted by molar-refractivity contribution is 5.91. The Kier molecular flexibility index (Phi) is 15.1. The van der Waals surface area contributed by atoms with Crippen LogP contribution in [0.5, 0.6) is 17.5 Å². The van der Waals surface area contributed by atoms with Gasteiger partial charge in [-0.05, 0) is 85.6 Å². The van der Waals surface area contributed by atoms with Crippen molar-refractivity contribution < 1.29 is 51.7 Å². The number of aliphatic hydroxyl groups is 1. The Labute approximate surface area is 433 Å². The largest absolute Gasteiger partial charge is 0.507 e. The maximum Gasteiger partial charge on any atom is 0.416 e. The number of piperazine rings is 1. The van der Waals surface area contributed by atoms with E-state index in [0.717, 1.165) is 88.2 Å². The number of hydrogen-bond donors (Lipinski definition) is 4. The van der Waals surface area contributed by atoms with Crippen molar-refractivity contribution in [2.75, 3.05) is 61.4 Å². The number of aromatic hydroxyl groups is 1. The molecule has 2 bridgehead atoms. The van der Waals surface area contributed by atoms with E-state index in [1.807, 2.05) is 38.2 Å². The number of carbonyl (C=O) groups excluding carboxylic acids is 2. The number of alkyl halides is 3. The average molecular weight is 1040 g/mol. The number of β-amino-alcohol motifs (C(OH)–C–C–N with tert-alkyl or cyclic N) is 1. The van der Waals surface area contributed by atoms with E-state index in [4.69, 9.17) is 24.5 Å². The molecule has 5 fully saturated rings. The number of hydrogen-bond acceptors (Lipinski definition) is 16. The normalized spacial score (nSPS) is 24.0. The van der Waals surface area contributed by atoms with Crippen LogP contribution in [0.15, 0.2) is 83.5 Å². The van der Waals surface area contributed by atoms with Crippen LogP contribution in [0.2, 0.25) is 0 Å². The summed E-state index contributed by atoms with van der Waals surface area (Å²) in [4.78, 5) is 40.6. The van der Waals surface area contributed by atoms with E-state index in [9.17, 15) is 33.0 Å². The van der Waals surface area contributed by atoms with Gasteiger partial charge in [-0.25, -0.2) is 4.98 Å². The number of fused-ring (bicyclic) bond motifs is 2. The molecule has 6 atom stereocenters. The summed E-state index contributed by atoms with van der Waals surface area (Å²) >= 11 is 0. The molecule has 21 heteroatoms. The molecule has 1 aliphatic carbocycles. The molecule has 18 nitrogen and oxygen atoms in total. The number of amides is 2. The highest BCUT2D eigenvalue weighted by Gasteiger charge is 2.45. The minimum absolute atomic E-state index is 0.0128. The van der Waals surface area contributed by atoms with Crippen LogP contribution in [0.1, 0.15) is 94.6 Å². The van der Waals surface area contributed by atoms with Gasteiger partial charge in [-0.1, -0.05) is 38.1 Å². The number of ether oxygens (including phenoxy) is 3. The smallest absolute Gasteiger partial charge is 0.416 e. The number of halogens is 3. The van der Waals surface area contributed by atoms with Crippen molar-refractivity contribution in [2.45, 2.75) is 126 Å². The second kappa shape index (κ2) is 21.9. The SMILES string of the molecule is CC(C)[C@H](C(=O)N1C[C@H](O)C[C@H]1C(=O)N[C@@H](C)c1ccc(C(F)(F)F)cc1)c1cc(OCCN2CCC(OC3CC(Oc4cc(N5C6CC[C@@H]5CN(c5cc(-c7ccccc7O)nnc5N)C6)ccn4)C3)CC2)no1. The fraction of sp³-hybridized carbons (Fsp3) is 0.519. The summed E-state index contributed by atoms with van der Waals surface area (Å²) in [5.41, 5.74) is 9.17. The van der Waals surface area contributed by atoms with Crippen molar-refractivity contribution in [2.24, 2.45) is 5.92 Å². The lowest BCUT2D eigenvalue weighted by atomic mass is 9.91. The van der Waals surface area contributed by atoms with Crippen molar-refractivity contribution in [1.29, 1.82) is 0 Å². The Morgan fingerprint density at radius 2 is 1.61 bits per heavy atom. The van der Waals surface area contributed by atoms with Gasteiger partial charge >= 0.3 is 6.18 Å². The van der Waals surface area contributed by atoms with Crippen LogP contribution in [0.4, 0.5) is 30.4 Å². The second-order valence-corrected chi connectivity index (χ2v) is 21.0. The first kappa shape index (κ1) is 51.8. The molecule has 4 saturated heterocycles. The Hall–Kier alpha value is -6.71. The highest BCUT2D eigenvalue weighted by atomic mass is 19.4. The number of piperidine rings is 1. The van der Waals surface area contributed by atoms with E-state index in [1.54, 1.807) is 25.1 Å². The Morgan fingerprint density at radius 3 is 2.32 bits per heavy atom. The van der Waals surface area contributed by atoms with E-state index in [2.05, 4.69) is 52.5 Å². The quantitative estimate of drug-likeness (QED) is 0.0758. The molecule has 5 aromatic rings. The topological polar surface area (TPSA) is 218 Å². The molecule has 1 saturated carbocycles. The van der Waals surface area contributed by atoms with E-state index >= 15 is 0 Å². The van der Waals surface area contributed by atoms with Gasteiger partial charge in [-0.2, -0.15) is 13.2 Å². The minimum atomic E-state index is -4.48. The van der Waals surface area contributed by atoms with Crippen molar-refractivity contribution in [3.8, 4) is 28.8 Å². The van der Waals surface area contributed by atoms with Crippen molar-refractivity contribution >= 4 is 29.0 Å². The summed E-state index contributed by atoms with van der Waals surface area (Å²) in [7, 11) is 0. The summed E-state index contributed by atoms with van der Waals surface area (Å²) in [6.45, 7) is 9.57. The molecule has 3 aromatic heterocycles. The molecule has 4 aliphatic heterocycles. The molecular weight excluding hydrogens is 974 g/mol. The number of pyridine rings is 1. The summed E-state index contributed by atoms with van der Waals surface area (Å²) < 4.78 is 63.8. The number of nitrogens with one attached hydrogen (secondary N) is 1. The molecular formula is C54H65F3N10O8. The number of nitrogens with two attached hydrogens (primary N) is 1. The van der Waals surface area contributed by atoms with Crippen LogP contribution in [-0.2, 0) is 20.5 Å². The first-order valence-electron chi connectivity index (χ1n) is 26.1. The molecule has 400 valence electrons. The van der Waals surface area contributed by atoms with Crippen molar-refractivity contribution in [3.05, 3.63) is 95.9 Å². The van der Waals surface area contributed by atoms with Gasteiger partial charge in [0.15, 0.2) is 11.6 Å². The second-order valence-electron chi connectivity index (χ2n) is 21.0. The zero-order valence-corrected chi connectivity index (χ0v) is 42.3. The number of rotatable bonds is 17. The van der Waals surface area contributed by atoms with Crippen LogP contribution in [0, 0.1) is 5.92 Å². The van der Waals surface area contributed by atoms with Crippen LogP contribution >= 0.6 is 0 Å². The zero-order chi connectivity index (χ0) is 52.5. The summed E-state index contributed by atoms with van der Waals surface area (Å²) in [5.74, 6) is -0.352. The van der Waals surface area contributed by atoms with Gasteiger partial charge in [-0.15, -0.1) is 10.2 Å². The van der Waals surface area contributed by atoms with Crippen LogP contribution in [-0.4, -0.2) is 141 Å². The third-order valence-corrected chi connectivity index (χ3v) is 15.4. The van der Waals surface area contributed by atoms with Gasteiger partial charge in [0.1, 0.15) is 30.4 Å². The molecule has 1 unspecified atom stereocenters. The van der Waals surface area contributed by atoms with Gasteiger partial charge in [0.05, 0.1) is 41.3 Å². The van der Waals surface area contributed by atoms with E-state index in [0.29, 0.717) is 41.7 Å². The number of benzene rings is 2. The highest BCUT2D eigenvalue weighted by Crippen LogP contribution is 2.41. The molecule has 2 amide bonds. The van der Waals surface area contributed by atoms with Gasteiger partial charge in [0.25, 0.3) is 5.88 Å². The Morgan fingerprint density at radius 1 is 0.880 bits per heavy atom. The average Bonchev–Trinajstić information content (AvgIpc) is 4.09. The van der Waals surface area contributed by atoms with E-state index in [1.165, 1.54) is 17.0 Å². The molecule has 10 rings (SSSR count). The lowest BCUT2D eigenvalue weighted by Crippen LogP contribution is -2.54. The van der Waals surface area contributed by atoms with Gasteiger partial charge < -0.3 is 54.7 Å². The number of nitrogen functional groups attached to an aromatic ring is 1. The fourth-order valence-electron chi connectivity index (χ4n) is 11.4. The molecule has 0 spiro atoms. The first-order chi connectivity index (χ1) is 36.0. The Balaban J connectivity index is 0.642. The maximum absolute atomic E-state index is 14.1. The Bertz CT molecular complexity index is 2770. The number of carbonyl (C=O) groups is 2. The number of aromatic nitrogens is 4. The maximum atomic E-state index is 14.1. The predicted molar refractivity (Wildman–Crippen MR) is 271 cm³/mol. The van der Waals surface area contributed by atoms with Gasteiger partial charge in [-0.3, -0.25) is 14.5 Å². The number of phenolic OH excluding ortho intramolecular Hbond substituents is 1. The number of para-hydroxylation sites is 1. The first-order valence-corrected chi connectivity index (χ1v) is 26.1. The number of aliphatic hydroxyl groups excluding tert-OH is 1. The van der Waals surface area contributed by atoms with Crippen molar-refractivity contribution in [1.82, 2.24) is 35.5 Å². The minimum Gasteiger partial charge on any atom is -0.507 e. The molecule has 2 aromatic carbocycles. The van der Waals surface area contributed by atoms with E-state index in [-0.39, 0.29) is 66.7 Å². The van der Waals surface area contributed by atoms with Crippen LogP contribution in [0.25, 0.3) is 11.3 Å². The lowest BCUT2D eigenvalue weighted by molar-refractivity contribution is -0.141. The third kappa shape index (κ3) is 11.6. The van der Waals surface area contributed by atoms with Crippen LogP contribution in [0.3, 0.4) is 0 Å². The standard InChI is InChI=1S/C54H65F3N10O8/c1-31(2)50(53(71)66-30-38(68)23-45(66)52(70)60-32(3)33-8-10-34(11-9-33)54(55,56)57)47-27-49(63-75-47)72-21-20-64-18-15-39(16-19-64)73-40-24-41(25-40)74-48-22-35(14-17-59-48)67-36-12-13-37(67)29-65(28-36)44-26-43(61-62-51(44)58)42-6-4-5-7-46(42)69/h4-11,14,17,22,26-27,31-32,36-41,45,50,68-69H,12-13,15-16,18-21,23-25,28-30H2,1-3H3,(H2,58,62)(H,60,70)/t32-,36+,37?,38+,40?,41?,45-,50-/m0/s1. The van der Waals surface area contributed by atoms with E-state index < -0.39 is 47.7 Å². The number of anilines is 3. The summed E-state index contributed by atoms with van der Waals surface area (Å²) in [5, 5.41) is 36.5.